The normalized spacial score (nSPS) is 11.9. The number of hydrogen-bond acceptors (Lipinski definition) is 3. The number of nitrogens with zero attached hydrogens (tertiary/aromatic N) is 3. The van der Waals surface area contributed by atoms with Crippen molar-refractivity contribution in [2.75, 3.05) is 0 Å². The molecular formula is C53H31N3. The molecule has 0 atom stereocenters. The quantitative estimate of drug-likeness (QED) is 0.135. The van der Waals surface area contributed by atoms with Crippen molar-refractivity contribution in [2.24, 2.45) is 0 Å². The summed E-state index contributed by atoms with van der Waals surface area (Å²) in [5.41, 5.74) is 17.9. The van der Waals surface area contributed by atoms with E-state index in [1.54, 1.807) is 0 Å². The fourth-order valence-electron chi connectivity index (χ4n) is 8.93. The van der Waals surface area contributed by atoms with Gasteiger partial charge in [-0.25, -0.2) is 15.0 Å². The van der Waals surface area contributed by atoms with Crippen molar-refractivity contribution in [3.63, 3.8) is 0 Å². The van der Waals surface area contributed by atoms with Gasteiger partial charge in [-0.05, 0) is 74.0 Å². The average Bonchev–Trinajstić information content (AvgIpc) is 3.60. The second-order valence-electron chi connectivity index (χ2n) is 14.7. The van der Waals surface area contributed by atoms with E-state index in [4.69, 9.17) is 15.0 Å². The van der Waals surface area contributed by atoms with E-state index in [1.165, 1.54) is 49.7 Å². The molecular weight excluding hydrogens is 679 g/mol. The van der Waals surface area contributed by atoms with Gasteiger partial charge in [0.2, 0.25) is 0 Å². The van der Waals surface area contributed by atoms with Crippen LogP contribution >= 0.6 is 0 Å². The molecule has 11 aromatic rings. The van der Waals surface area contributed by atoms with E-state index in [9.17, 15) is 0 Å². The fourth-order valence-corrected chi connectivity index (χ4v) is 8.93. The second-order valence-corrected chi connectivity index (χ2v) is 14.7. The summed E-state index contributed by atoms with van der Waals surface area (Å²) in [5, 5.41) is 7.08. The first-order chi connectivity index (χ1) is 27.7. The number of fused-ring (bicyclic) bond motifs is 8. The van der Waals surface area contributed by atoms with Gasteiger partial charge in [0.25, 0.3) is 0 Å². The van der Waals surface area contributed by atoms with E-state index >= 15 is 0 Å². The van der Waals surface area contributed by atoms with Crippen LogP contribution in [0.1, 0.15) is 0 Å². The Balaban J connectivity index is 0.905. The van der Waals surface area contributed by atoms with E-state index in [-0.39, 0.29) is 0 Å². The zero-order valence-corrected chi connectivity index (χ0v) is 30.2. The Morgan fingerprint density at radius 2 is 0.714 bits per heavy atom. The maximum absolute atomic E-state index is 5.26. The molecule has 258 valence electrons. The van der Waals surface area contributed by atoms with Gasteiger partial charge in [0.1, 0.15) is 0 Å². The molecule has 0 saturated heterocycles. The third-order valence-corrected chi connectivity index (χ3v) is 11.6. The Labute approximate surface area is 323 Å². The van der Waals surface area contributed by atoms with E-state index in [0.29, 0.717) is 0 Å². The maximum Gasteiger partial charge on any atom is 0.0972 e. The summed E-state index contributed by atoms with van der Waals surface area (Å²) in [6.45, 7) is 0. The highest BCUT2D eigenvalue weighted by Gasteiger charge is 2.22. The van der Waals surface area contributed by atoms with Crippen molar-refractivity contribution >= 4 is 54.4 Å². The molecule has 3 heteroatoms. The molecule has 12 rings (SSSR count). The summed E-state index contributed by atoms with van der Waals surface area (Å²) < 4.78 is 0. The van der Waals surface area contributed by atoms with Gasteiger partial charge < -0.3 is 0 Å². The Kier molecular flexibility index (Phi) is 6.63. The molecule has 0 spiro atoms. The SMILES string of the molecule is c1ccc2c(c1)-c1cccc3c(-c4ccc(-c5ccc6ccc7ccc(-c8ccc(-c9c%10ccccc%10nc%10ccccc9%10)cc8)nc7c6n5)cc4)ccc-2c13. The molecule has 56 heavy (non-hydrogen) atoms. The lowest BCUT2D eigenvalue weighted by Crippen LogP contribution is -1.92. The lowest BCUT2D eigenvalue weighted by atomic mass is 9.93. The standard InChI is InChI=1S/C53H31N3/c1-2-9-40-39(8-1)42-13-7-12-41-38(28-29-43(40)51(41)42)32-16-18-33(19-17-32)46-30-26-36-24-25-37-27-31-47(56-53(37)52(36)55-46)34-20-22-35(23-21-34)50-44-10-3-5-14-48(44)54-49-15-6-4-11-45(49)50/h1-31H. The molecule has 1 aliphatic rings. The van der Waals surface area contributed by atoms with Crippen LogP contribution in [-0.2, 0) is 0 Å². The van der Waals surface area contributed by atoms with Crippen molar-refractivity contribution in [3.05, 3.63) is 188 Å². The van der Waals surface area contributed by atoms with Gasteiger partial charge in [0.15, 0.2) is 0 Å². The zero-order valence-electron chi connectivity index (χ0n) is 30.2. The zero-order chi connectivity index (χ0) is 36.7. The van der Waals surface area contributed by atoms with Gasteiger partial charge in [-0.15, -0.1) is 0 Å². The summed E-state index contributed by atoms with van der Waals surface area (Å²) in [5.74, 6) is 0. The van der Waals surface area contributed by atoms with Gasteiger partial charge in [-0.3, -0.25) is 0 Å². The van der Waals surface area contributed by atoms with Gasteiger partial charge in [0, 0.05) is 38.2 Å². The van der Waals surface area contributed by atoms with Crippen LogP contribution in [0.15, 0.2) is 188 Å². The first-order valence-corrected chi connectivity index (χ1v) is 19.1. The number of para-hydroxylation sites is 2. The third kappa shape index (κ3) is 4.68. The third-order valence-electron chi connectivity index (χ3n) is 11.6. The molecule has 0 aliphatic heterocycles. The van der Waals surface area contributed by atoms with Gasteiger partial charge in [0.05, 0.1) is 33.5 Å². The molecule has 0 N–H and O–H groups in total. The number of hydrogen-bond donors (Lipinski definition) is 0. The number of aromatic nitrogens is 3. The van der Waals surface area contributed by atoms with E-state index in [2.05, 4.69) is 188 Å². The minimum atomic E-state index is 0.905. The molecule has 0 unspecified atom stereocenters. The summed E-state index contributed by atoms with van der Waals surface area (Å²) >= 11 is 0. The topological polar surface area (TPSA) is 38.7 Å². The van der Waals surface area contributed by atoms with Crippen molar-refractivity contribution in [1.82, 2.24) is 15.0 Å². The lowest BCUT2D eigenvalue weighted by molar-refractivity contribution is 1.36. The molecule has 1 aliphatic carbocycles. The number of rotatable bonds is 4. The second kappa shape index (κ2) is 12.0. The van der Waals surface area contributed by atoms with Crippen molar-refractivity contribution < 1.29 is 0 Å². The monoisotopic (exact) mass is 709 g/mol. The van der Waals surface area contributed by atoms with Gasteiger partial charge in [-0.1, -0.05) is 164 Å². The number of benzene rings is 8. The van der Waals surface area contributed by atoms with Gasteiger partial charge in [-0.2, -0.15) is 0 Å². The number of pyridine rings is 3. The molecule has 0 saturated carbocycles. The predicted molar refractivity (Wildman–Crippen MR) is 234 cm³/mol. The summed E-state index contributed by atoms with van der Waals surface area (Å²) in [4.78, 5) is 15.4. The molecule has 0 bridgehead atoms. The van der Waals surface area contributed by atoms with Crippen molar-refractivity contribution in [1.29, 1.82) is 0 Å². The predicted octanol–water partition coefficient (Wildman–Crippen LogP) is 14.0. The highest BCUT2D eigenvalue weighted by molar-refractivity contribution is 6.18. The minimum absolute atomic E-state index is 0.905. The first kappa shape index (κ1) is 30.9. The smallest absolute Gasteiger partial charge is 0.0972 e. The van der Waals surface area contributed by atoms with Crippen LogP contribution in [-0.4, -0.2) is 15.0 Å². The molecule has 3 heterocycles. The Morgan fingerprint density at radius 3 is 1.32 bits per heavy atom. The highest BCUT2D eigenvalue weighted by Crippen LogP contribution is 2.49. The fraction of sp³-hybridized carbons (Fsp3) is 0. The average molecular weight is 710 g/mol. The largest absolute Gasteiger partial charge is 0.248 e. The molecule has 3 nitrogen and oxygen atoms in total. The van der Waals surface area contributed by atoms with E-state index in [0.717, 1.165) is 71.7 Å². The molecule has 3 aromatic heterocycles. The molecule has 0 radical (unpaired) electrons. The summed E-state index contributed by atoms with van der Waals surface area (Å²) in [6, 6.07) is 67.3. The van der Waals surface area contributed by atoms with Crippen LogP contribution in [0.4, 0.5) is 0 Å². The molecule has 8 aromatic carbocycles. The molecule has 0 fully saturated rings. The summed E-state index contributed by atoms with van der Waals surface area (Å²) in [6.07, 6.45) is 0. The van der Waals surface area contributed by atoms with Crippen molar-refractivity contribution in [3.8, 4) is 67.0 Å². The van der Waals surface area contributed by atoms with Crippen LogP contribution in [0.5, 0.6) is 0 Å². The van der Waals surface area contributed by atoms with Crippen LogP contribution < -0.4 is 0 Å². The Morgan fingerprint density at radius 1 is 0.268 bits per heavy atom. The van der Waals surface area contributed by atoms with E-state index < -0.39 is 0 Å². The highest BCUT2D eigenvalue weighted by atomic mass is 14.8. The van der Waals surface area contributed by atoms with Crippen LogP contribution in [0.25, 0.3) is 121 Å². The van der Waals surface area contributed by atoms with Crippen molar-refractivity contribution in [2.45, 2.75) is 0 Å². The van der Waals surface area contributed by atoms with Crippen LogP contribution in [0, 0.1) is 0 Å². The van der Waals surface area contributed by atoms with Crippen LogP contribution in [0.3, 0.4) is 0 Å². The van der Waals surface area contributed by atoms with E-state index in [1.807, 2.05) is 0 Å². The van der Waals surface area contributed by atoms with Gasteiger partial charge >= 0.3 is 0 Å². The first-order valence-electron chi connectivity index (χ1n) is 19.1. The Hall–Kier alpha value is -7.49. The minimum Gasteiger partial charge on any atom is -0.248 e. The maximum atomic E-state index is 5.26. The Bertz CT molecular complexity index is 3320. The lowest BCUT2D eigenvalue weighted by Gasteiger charge is -2.12. The molecule has 0 amide bonds. The summed E-state index contributed by atoms with van der Waals surface area (Å²) in [7, 11) is 0. The van der Waals surface area contributed by atoms with Crippen LogP contribution in [0.2, 0.25) is 0 Å².